The summed E-state index contributed by atoms with van der Waals surface area (Å²) < 4.78 is 13.4. The van der Waals surface area contributed by atoms with Gasteiger partial charge in [0.05, 0.1) is 0 Å². The van der Waals surface area contributed by atoms with Crippen LogP contribution in [0, 0.1) is 11.7 Å². The summed E-state index contributed by atoms with van der Waals surface area (Å²) >= 11 is 1.68. The van der Waals surface area contributed by atoms with E-state index in [1.54, 1.807) is 17.8 Å². The Morgan fingerprint density at radius 2 is 2.11 bits per heavy atom. The third kappa shape index (κ3) is 5.51. The van der Waals surface area contributed by atoms with Gasteiger partial charge in [0, 0.05) is 23.3 Å². The van der Waals surface area contributed by atoms with Crippen LogP contribution >= 0.6 is 11.8 Å². The first-order valence-electron chi connectivity index (χ1n) is 6.85. The van der Waals surface area contributed by atoms with Gasteiger partial charge in [-0.25, -0.2) is 4.39 Å². The molecule has 0 fully saturated rings. The maximum atomic E-state index is 13.4. The molecule has 4 heteroatoms. The number of halogens is 1. The molecule has 19 heavy (non-hydrogen) atoms. The van der Waals surface area contributed by atoms with Crippen LogP contribution in [0.3, 0.4) is 0 Å². The SMILES string of the molecule is CCCNC(C)c1cc(F)ccc1SCC(C)CO. The third-order valence-corrected chi connectivity index (χ3v) is 4.39. The Hall–Kier alpha value is -0.580. The first kappa shape index (κ1) is 16.5. The summed E-state index contributed by atoms with van der Waals surface area (Å²) in [5, 5.41) is 12.5. The van der Waals surface area contributed by atoms with Crippen LogP contribution in [0.1, 0.15) is 38.8 Å². The summed E-state index contributed by atoms with van der Waals surface area (Å²) in [6.07, 6.45) is 1.06. The average molecular weight is 285 g/mol. The predicted molar refractivity (Wildman–Crippen MR) is 80.1 cm³/mol. The van der Waals surface area contributed by atoms with Crippen molar-refractivity contribution in [3.05, 3.63) is 29.6 Å². The fourth-order valence-electron chi connectivity index (χ4n) is 1.74. The standard InChI is InChI=1S/C15H24FNOS/c1-4-7-17-12(3)14-8-13(16)5-6-15(14)19-10-11(2)9-18/h5-6,8,11-12,17-18H,4,7,9-10H2,1-3H3. The second kappa shape index (κ2) is 8.56. The van der Waals surface area contributed by atoms with Gasteiger partial charge >= 0.3 is 0 Å². The zero-order valence-corrected chi connectivity index (χ0v) is 12.8. The minimum atomic E-state index is -0.195. The van der Waals surface area contributed by atoms with Gasteiger partial charge in [-0.05, 0) is 49.6 Å². The number of hydrogen-bond donors (Lipinski definition) is 2. The molecule has 0 saturated carbocycles. The van der Waals surface area contributed by atoms with E-state index in [9.17, 15) is 4.39 Å². The van der Waals surface area contributed by atoms with Crippen molar-refractivity contribution < 1.29 is 9.50 Å². The highest BCUT2D eigenvalue weighted by molar-refractivity contribution is 7.99. The van der Waals surface area contributed by atoms with Crippen LogP contribution < -0.4 is 5.32 Å². The van der Waals surface area contributed by atoms with Gasteiger partial charge in [-0.2, -0.15) is 0 Å². The van der Waals surface area contributed by atoms with E-state index >= 15 is 0 Å². The van der Waals surface area contributed by atoms with Crippen molar-refractivity contribution in [2.24, 2.45) is 5.92 Å². The highest BCUT2D eigenvalue weighted by Gasteiger charge is 2.12. The quantitative estimate of drug-likeness (QED) is 0.716. The maximum absolute atomic E-state index is 13.4. The van der Waals surface area contributed by atoms with Gasteiger partial charge in [-0.1, -0.05) is 13.8 Å². The largest absolute Gasteiger partial charge is 0.396 e. The Morgan fingerprint density at radius 3 is 2.74 bits per heavy atom. The monoisotopic (exact) mass is 285 g/mol. The lowest BCUT2D eigenvalue weighted by Gasteiger charge is -2.18. The van der Waals surface area contributed by atoms with Gasteiger partial charge < -0.3 is 10.4 Å². The molecule has 0 amide bonds. The van der Waals surface area contributed by atoms with Crippen LogP contribution in [-0.4, -0.2) is 24.0 Å². The topological polar surface area (TPSA) is 32.3 Å². The van der Waals surface area contributed by atoms with Crippen molar-refractivity contribution in [3.63, 3.8) is 0 Å². The van der Waals surface area contributed by atoms with E-state index in [2.05, 4.69) is 19.2 Å². The van der Waals surface area contributed by atoms with Crippen molar-refractivity contribution >= 4 is 11.8 Å². The van der Waals surface area contributed by atoms with Crippen LogP contribution in [0.25, 0.3) is 0 Å². The van der Waals surface area contributed by atoms with Crippen molar-refractivity contribution in [2.45, 2.75) is 38.1 Å². The smallest absolute Gasteiger partial charge is 0.123 e. The molecule has 0 aliphatic carbocycles. The molecule has 0 aromatic heterocycles. The van der Waals surface area contributed by atoms with Crippen LogP contribution in [0.5, 0.6) is 0 Å². The van der Waals surface area contributed by atoms with Crippen LogP contribution in [-0.2, 0) is 0 Å². The molecule has 0 aliphatic heterocycles. The Bertz CT molecular complexity index is 386. The summed E-state index contributed by atoms with van der Waals surface area (Å²) in [5.74, 6) is 0.900. The fraction of sp³-hybridized carbons (Fsp3) is 0.600. The third-order valence-electron chi connectivity index (χ3n) is 2.97. The Kier molecular flexibility index (Phi) is 7.42. The summed E-state index contributed by atoms with van der Waals surface area (Å²) in [4.78, 5) is 1.10. The molecule has 2 unspecified atom stereocenters. The van der Waals surface area contributed by atoms with Gasteiger partial charge in [-0.15, -0.1) is 11.8 Å². The van der Waals surface area contributed by atoms with Crippen molar-refractivity contribution in [1.82, 2.24) is 5.32 Å². The number of rotatable bonds is 8. The second-order valence-corrected chi connectivity index (χ2v) is 6.02. The highest BCUT2D eigenvalue weighted by atomic mass is 32.2. The first-order valence-corrected chi connectivity index (χ1v) is 7.83. The average Bonchev–Trinajstić information content (AvgIpc) is 2.42. The van der Waals surface area contributed by atoms with Crippen LogP contribution in [0.4, 0.5) is 4.39 Å². The summed E-state index contributed by atoms with van der Waals surface area (Å²) in [5.41, 5.74) is 1.00. The van der Waals surface area contributed by atoms with Crippen molar-refractivity contribution in [3.8, 4) is 0 Å². The first-order chi connectivity index (χ1) is 9.08. The summed E-state index contributed by atoms with van der Waals surface area (Å²) in [6.45, 7) is 7.30. The number of aliphatic hydroxyl groups is 1. The van der Waals surface area contributed by atoms with Gasteiger partial charge in [0.1, 0.15) is 5.82 Å². The molecule has 0 bridgehead atoms. The number of hydrogen-bond acceptors (Lipinski definition) is 3. The number of thioether (sulfide) groups is 1. The molecule has 0 radical (unpaired) electrons. The van der Waals surface area contributed by atoms with E-state index in [0.717, 1.165) is 29.2 Å². The lowest BCUT2D eigenvalue weighted by atomic mass is 10.1. The molecule has 0 aliphatic rings. The number of aliphatic hydroxyl groups excluding tert-OH is 1. The minimum Gasteiger partial charge on any atom is -0.396 e. The molecule has 1 rings (SSSR count). The van der Waals surface area contributed by atoms with E-state index in [1.165, 1.54) is 6.07 Å². The van der Waals surface area contributed by atoms with E-state index in [0.29, 0.717) is 0 Å². The summed E-state index contributed by atoms with van der Waals surface area (Å²) in [7, 11) is 0. The van der Waals surface area contributed by atoms with Gasteiger partial charge in [0.25, 0.3) is 0 Å². The minimum absolute atomic E-state index is 0.141. The lowest BCUT2D eigenvalue weighted by Crippen LogP contribution is -2.20. The Labute approximate surface area is 119 Å². The van der Waals surface area contributed by atoms with E-state index < -0.39 is 0 Å². The van der Waals surface area contributed by atoms with E-state index in [4.69, 9.17) is 5.11 Å². The van der Waals surface area contributed by atoms with Crippen molar-refractivity contribution in [1.29, 1.82) is 0 Å². The zero-order valence-electron chi connectivity index (χ0n) is 11.9. The maximum Gasteiger partial charge on any atom is 0.123 e. The molecule has 1 aromatic carbocycles. The lowest BCUT2D eigenvalue weighted by molar-refractivity contribution is 0.250. The predicted octanol–water partition coefficient (Wildman–Crippen LogP) is 3.61. The highest BCUT2D eigenvalue weighted by Crippen LogP contribution is 2.29. The molecule has 0 heterocycles. The molecule has 0 saturated heterocycles. The van der Waals surface area contributed by atoms with Gasteiger partial charge in [0.15, 0.2) is 0 Å². The molecule has 2 atom stereocenters. The summed E-state index contributed by atoms with van der Waals surface area (Å²) in [6, 6.07) is 5.09. The van der Waals surface area contributed by atoms with Crippen LogP contribution in [0.2, 0.25) is 0 Å². The van der Waals surface area contributed by atoms with Crippen molar-refractivity contribution in [2.75, 3.05) is 18.9 Å². The normalized spacial score (nSPS) is 14.4. The molecule has 108 valence electrons. The zero-order chi connectivity index (χ0) is 14.3. The van der Waals surface area contributed by atoms with E-state index in [1.807, 2.05) is 13.0 Å². The van der Waals surface area contributed by atoms with Gasteiger partial charge in [-0.3, -0.25) is 0 Å². The Balaban J connectivity index is 2.78. The van der Waals surface area contributed by atoms with Gasteiger partial charge in [0.2, 0.25) is 0 Å². The van der Waals surface area contributed by atoms with E-state index in [-0.39, 0.29) is 24.4 Å². The molecular formula is C15H24FNOS. The molecule has 0 spiro atoms. The molecular weight excluding hydrogens is 261 g/mol. The molecule has 1 aromatic rings. The number of benzene rings is 1. The molecule has 2 nitrogen and oxygen atoms in total. The molecule has 2 N–H and O–H groups in total. The second-order valence-electron chi connectivity index (χ2n) is 4.96. The Morgan fingerprint density at radius 1 is 1.37 bits per heavy atom. The fourth-order valence-corrected chi connectivity index (χ4v) is 2.88. The van der Waals surface area contributed by atoms with Crippen LogP contribution in [0.15, 0.2) is 23.1 Å². The number of nitrogens with one attached hydrogen (secondary N) is 1.